The summed E-state index contributed by atoms with van der Waals surface area (Å²) in [7, 11) is 3.24. The Balaban J connectivity index is 1.78. The van der Waals surface area contributed by atoms with Crippen LogP contribution in [0.25, 0.3) is 16.9 Å². The van der Waals surface area contributed by atoms with Gasteiger partial charge in [-0.05, 0) is 68.3 Å². The highest BCUT2D eigenvalue weighted by atomic mass is 16.5. The molecule has 2 heterocycles. The molecule has 1 fully saturated rings. The monoisotopic (exact) mass is 421 g/mol. The van der Waals surface area contributed by atoms with Crippen molar-refractivity contribution in [2.45, 2.75) is 25.9 Å². The largest absolute Gasteiger partial charge is 0.497 e. The van der Waals surface area contributed by atoms with Crippen molar-refractivity contribution in [2.75, 3.05) is 27.4 Å². The molecule has 0 bridgehead atoms. The van der Waals surface area contributed by atoms with Gasteiger partial charge in [0.2, 0.25) is 0 Å². The molecule has 0 unspecified atom stereocenters. The first-order chi connectivity index (χ1) is 15.1. The third-order valence-corrected chi connectivity index (χ3v) is 5.52. The minimum atomic E-state index is -0.149. The molecule has 0 amide bonds. The number of rotatable bonds is 7. The first kappa shape index (κ1) is 20.9. The average Bonchev–Trinajstić information content (AvgIpc) is 3.45. The molecule has 1 aliphatic rings. The topological polar surface area (TPSA) is 77.8 Å². The Kier molecular flexibility index (Phi) is 6.23. The molecular formula is C24H27N3O4. The molecule has 162 valence electrons. The SMILES string of the molecule is COc1ccc(-c2[nH]n(-c3ccc(OC)cc3)c(=O)c2C(C)=NC[C@@H]2CCCO2)cc1. The zero-order valence-corrected chi connectivity index (χ0v) is 18.1. The number of aromatic nitrogens is 2. The van der Waals surface area contributed by atoms with Crippen LogP contribution in [-0.4, -0.2) is 49.0 Å². The fourth-order valence-electron chi connectivity index (χ4n) is 3.76. The quantitative estimate of drug-likeness (QED) is 0.588. The molecule has 0 saturated carbocycles. The number of aromatic amines is 1. The van der Waals surface area contributed by atoms with Crippen LogP contribution in [0.2, 0.25) is 0 Å². The van der Waals surface area contributed by atoms with Crippen LogP contribution in [0.15, 0.2) is 58.3 Å². The van der Waals surface area contributed by atoms with Crippen LogP contribution in [0, 0.1) is 0 Å². The molecule has 1 aliphatic heterocycles. The minimum absolute atomic E-state index is 0.127. The van der Waals surface area contributed by atoms with Crippen molar-refractivity contribution in [3.8, 4) is 28.4 Å². The highest BCUT2D eigenvalue weighted by molar-refractivity contribution is 6.03. The molecule has 7 nitrogen and oxygen atoms in total. The summed E-state index contributed by atoms with van der Waals surface area (Å²) in [5.74, 6) is 1.49. The maximum atomic E-state index is 13.4. The summed E-state index contributed by atoms with van der Waals surface area (Å²) in [4.78, 5) is 18.1. The molecule has 0 aliphatic carbocycles. The van der Waals surface area contributed by atoms with E-state index in [0.717, 1.165) is 47.9 Å². The van der Waals surface area contributed by atoms with Gasteiger partial charge in [-0.15, -0.1) is 0 Å². The Labute approximate surface area is 181 Å². The van der Waals surface area contributed by atoms with Gasteiger partial charge in [-0.1, -0.05) is 0 Å². The van der Waals surface area contributed by atoms with Crippen molar-refractivity contribution in [2.24, 2.45) is 4.99 Å². The van der Waals surface area contributed by atoms with Crippen molar-refractivity contribution in [3.63, 3.8) is 0 Å². The molecule has 0 radical (unpaired) electrons. The number of methoxy groups -OCH3 is 2. The van der Waals surface area contributed by atoms with Gasteiger partial charge in [0.25, 0.3) is 5.56 Å². The van der Waals surface area contributed by atoms with Gasteiger partial charge in [0.1, 0.15) is 11.5 Å². The Bertz CT molecular complexity index is 1110. The zero-order valence-electron chi connectivity index (χ0n) is 18.1. The van der Waals surface area contributed by atoms with E-state index in [1.807, 2.05) is 55.5 Å². The predicted octanol–water partition coefficient (Wildman–Crippen LogP) is 3.84. The normalized spacial score (nSPS) is 16.5. The summed E-state index contributed by atoms with van der Waals surface area (Å²) in [6.45, 7) is 3.22. The van der Waals surface area contributed by atoms with Crippen LogP contribution >= 0.6 is 0 Å². The van der Waals surface area contributed by atoms with E-state index in [1.165, 1.54) is 0 Å². The number of ether oxygens (including phenoxy) is 3. The highest BCUT2D eigenvalue weighted by Gasteiger charge is 2.21. The van der Waals surface area contributed by atoms with Crippen LogP contribution in [0.3, 0.4) is 0 Å². The number of hydrogen-bond acceptors (Lipinski definition) is 5. The van der Waals surface area contributed by atoms with E-state index in [1.54, 1.807) is 18.9 Å². The maximum Gasteiger partial charge on any atom is 0.280 e. The molecule has 3 aromatic rings. The molecule has 2 aromatic carbocycles. The van der Waals surface area contributed by atoms with Gasteiger partial charge < -0.3 is 14.2 Å². The number of aliphatic imine (C=N–C) groups is 1. The van der Waals surface area contributed by atoms with Crippen LogP contribution in [0.5, 0.6) is 11.5 Å². The lowest BCUT2D eigenvalue weighted by atomic mass is 10.0. The summed E-state index contributed by atoms with van der Waals surface area (Å²) in [6.07, 6.45) is 2.19. The van der Waals surface area contributed by atoms with E-state index < -0.39 is 0 Å². The molecule has 1 aromatic heterocycles. The van der Waals surface area contributed by atoms with E-state index in [4.69, 9.17) is 19.2 Å². The summed E-state index contributed by atoms with van der Waals surface area (Å²) in [5, 5.41) is 3.28. The van der Waals surface area contributed by atoms with Gasteiger partial charge in [-0.25, -0.2) is 4.68 Å². The zero-order chi connectivity index (χ0) is 21.8. The molecule has 1 N–H and O–H groups in total. The smallest absolute Gasteiger partial charge is 0.280 e. The Morgan fingerprint density at radius 3 is 2.32 bits per heavy atom. The van der Waals surface area contributed by atoms with Crippen LogP contribution in [-0.2, 0) is 4.74 Å². The van der Waals surface area contributed by atoms with Gasteiger partial charge in [0, 0.05) is 17.9 Å². The van der Waals surface area contributed by atoms with Gasteiger partial charge in [-0.3, -0.25) is 14.9 Å². The standard InChI is InChI=1S/C24H27N3O4/c1-16(25-15-21-5-4-14-31-21)22-23(17-6-10-19(29-2)11-7-17)26-27(24(22)28)18-8-12-20(30-3)13-9-18/h6-13,21,26H,4-5,14-15H2,1-3H3/t21-/m0/s1. The maximum absolute atomic E-state index is 13.4. The summed E-state index contributed by atoms with van der Waals surface area (Å²) in [6, 6.07) is 15.0. The summed E-state index contributed by atoms with van der Waals surface area (Å²) >= 11 is 0. The second kappa shape index (κ2) is 9.22. The molecule has 31 heavy (non-hydrogen) atoms. The Morgan fingerprint density at radius 1 is 1.10 bits per heavy atom. The number of nitrogens with one attached hydrogen (secondary N) is 1. The molecule has 4 rings (SSSR count). The third-order valence-electron chi connectivity index (χ3n) is 5.52. The first-order valence-corrected chi connectivity index (χ1v) is 10.4. The lowest BCUT2D eigenvalue weighted by molar-refractivity contribution is 0.118. The van der Waals surface area contributed by atoms with Gasteiger partial charge in [-0.2, -0.15) is 0 Å². The molecule has 1 saturated heterocycles. The van der Waals surface area contributed by atoms with E-state index in [2.05, 4.69) is 5.10 Å². The van der Waals surface area contributed by atoms with E-state index in [0.29, 0.717) is 17.8 Å². The lowest BCUT2D eigenvalue weighted by Gasteiger charge is -2.07. The summed E-state index contributed by atoms with van der Waals surface area (Å²) in [5.41, 5.74) is 3.42. The van der Waals surface area contributed by atoms with Crippen molar-refractivity contribution < 1.29 is 14.2 Å². The van der Waals surface area contributed by atoms with E-state index >= 15 is 0 Å². The van der Waals surface area contributed by atoms with Crippen LogP contribution in [0.1, 0.15) is 25.3 Å². The van der Waals surface area contributed by atoms with E-state index in [-0.39, 0.29) is 11.7 Å². The number of H-pyrrole nitrogens is 1. The van der Waals surface area contributed by atoms with Gasteiger partial charge in [0.05, 0.1) is 43.8 Å². The predicted molar refractivity (Wildman–Crippen MR) is 121 cm³/mol. The first-order valence-electron chi connectivity index (χ1n) is 10.4. The Morgan fingerprint density at radius 2 is 1.74 bits per heavy atom. The summed E-state index contributed by atoms with van der Waals surface area (Å²) < 4.78 is 17.7. The molecular weight excluding hydrogens is 394 g/mol. The second-order valence-corrected chi connectivity index (χ2v) is 7.49. The second-order valence-electron chi connectivity index (χ2n) is 7.49. The molecule has 7 heteroatoms. The minimum Gasteiger partial charge on any atom is -0.497 e. The fraction of sp³-hybridized carbons (Fsp3) is 0.333. The number of benzene rings is 2. The Hall–Kier alpha value is -3.32. The van der Waals surface area contributed by atoms with Crippen LogP contribution in [0.4, 0.5) is 0 Å². The van der Waals surface area contributed by atoms with Gasteiger partial charge in [0.15, 0.2) is 0 Å². The van der Waals surface area contributed by atoms with Crippen molar-refractivity contribution in [3.05, 3.63) is 64.4 Å². The molecule has 1 atom stereocenters. The van der Waals surface area contributed by atoms with Crippen molar-refractivity contribution >= 4 is 5.71 Å². The van der Waals surface area contributed by atoms with Crippen molar-refractivity contribution in [1.29, 1.82) is 0 Å². The molecule has 0 spiro atoms. The highest BCUT2D eigenvalue weighted by Crippen LogP contribution is 2.25. The van der Waals surface area contributed by atoms with Crippen LogP contribution < -0.4 is 15.0 Å². The fourth-order valence-corrected chi connectivity index (χ4v) is 3.76. The average molecular weight is 421 g/mol. The number of hydrogen-bond donors (Lipinski definition) is 1. The lowest BCUT2D eigenvalue weighted by Crippen LogP contribution is -2.20. The van der Waals surface area contributed by atoms with Gasteiger partial charge >= 0.3 is 0 Å². The number of nitrogens with zero attached hydrogens (tertiary/aromatic N) is 2. The van der Waals surface area contributed by atoms with E-state index in [9.17, 15) is 4.79 Å². The third kappa shape index (κ3) is 4.41. The van der Waals surface area contributed by atoms with Crippen molar-refractivity contribution in [1.82, 2.24) is 9.78 Å².